The van der Waals surface area contributed by atoms with Gasteiger partial charge >= 0.3 is 0 Å². The molecular formula is C11H18ClN5OS. The van der Waals surface area contributed by atoms with E-state index in [2.05, 4.69) is 19.6 Å². The number of anilines is 1. The van der Waals surface area contributed by atoms with Gasteiger partial charge in [-0.15, -0.1) is 12.4 Å². The van der Waals surface area contributed by atoms with Gasteiger partial charge in [-0.05, 0) is 6.92 Å². The van der Waals surface area contributed by atoms with Gasteiger partial charge in [0.05, 0.1) is 5.92 Å². The Morgan fingerprint density at radius 3 is 2.47 bits per heavy atom. The molecule has 2 aliphatic rings. The third kappa shape index (κ3) is 2.98. The first-order valence-corrected chi connectivity index (χ1v) is 7.06. The Balaban J connectivity index is 0.00000133. The number of nitrogens with zero attached hydrogens (tertiary/aromatic N) is 4. The van der Waals surface area contributed by atoms with Crippen LogP contribution in [0.15, 0.2) is 0 Å². The van der Waals surface area contributed by atoms with Gasteiger partial charge in [0.25, 0.3) is 0 Å². The van der Waals surface area contributed by atoms with E-state index in [9.17, 15) is 4.79 Å². The van der Waals surface area contributed by atoms with Crippen LogP contribution in [0, 0.1) is 12.8 Å². The van der Waals surface area contributed by atoms with Crippen molar-refractivity contribution < 1.29 is 4.79 Å². The number of halogens is 1. The van der Waals surface area contributed by atoms with Crippen molar-refractivity contribution >= 4 is 35.0 Å². The van der Waals surface area contributed by atoms with E-state index in [1.165, 1.54) is 11.5 Å². The number of piperazine rings is 1. The van der Waals surface area contributed by atoms with Gasteiger partial charge in [0.15, 0.2) is 0 Å². The Labute approximate surface area is 122 Å². The predicted molar refractivity (Wildman–Crippen MR) is 77.0 cm³/mol. The number of hydrogen-bond acceptors (Lipinski definition) is 6. The molecule has 0 aromatic carbocycles. The number of carbonyl (C=O) groups is 1. The Kier molecular flexibility index (Phi) is 4.59. The summed E-state index contributed by atoms with van der Waals surface area (Å²) in [7, 11) is 0. The Morgan fingerprint density at radius 1 is 1.32 bits per heavy atom. The van der Waals surface area contributed by atoms with Crippen molar-refractivity contribution in [3.8, 4) is 0 Å². The summed E-state index contributed by atoms with van der Waals surface area (Å²) in [6.45, 7) is 6.91. The lowest BCUT2D eigenvalue weighted by Crippen LogP contribution is -2.56. The third-order valence-electron chi connectivity index (χ3n) is 3.51. The molecule has 0 saturated carbocycles. The highest BCUT2D eigenvalue weighted by Gasteiger charge is 2.31. The molecule has 3 heterocycles. The van der Waals surface area contributed by atoms with E-state index in [-0.39, 0.29) is 18.3 Å². The van der Waals surface area contributed by atoms with Crippen molar-refractivity contribution in [1.29, 1.82) is 0 Å². The first kappa shape index (κ1) is 14.5. The quantitative estimate of drug-likeness (QED) is 0.842. The summed E-state index contributed by atoms with van der Waals surface area (Å²) in [5.74, 6) is 1.34. The number of carbonyl (C=O) groups excluding carboxylic acids is 1. The fourth-order valence-corrected chi connectivity index (χ4v) is 2.98. The average molecular weight is 304 g/mol. The highest BCUT2D eigenvalue weighted by Crippen LogP contribution is 2.19. The van der Waals surface area contributed by atoms with E-state index in [1.807, 2.05) is 11.8 Å². The van der Waals surface area contributed by atoms with Crippen LogP contribution < -0.4 is 10.2 Å². The first-order chi connectivity index (χ1) is 8.74. The topological polar surface area (TPSA) is 61.4 Å². The summed E-state index contributed by atoms with van der Waals surface area (Å²) in [5, 5.41) is 4.12. The average Bonchev–Trinajstić information content (AvgIpc) is 2.74. The van der Waals surface area contributed by atoms with E-state index in [1.54, 1.807) is 0 Å². The van der Waals surface area contributed by atoms with Crippen molar-refractivity contribution in [2.75, 3.05) is 44.2 Å². The van der Waals surface area contributed by atoms with Crippen molar-refractivity contribution in [2.24, 2.45) is 5.92 Å². The highest BCUT2D eigenvalue weighted by atomic mass is 35.5. The molecule has 0 radical (unpaired) electrons. The molecule has 0 atom stereocenters. The third-order valence-corrected chi connectivity index (χ3v) is 4.38. The monoisotopic (exact) mass is 303 g/mol. The predicted octanol–water partition coefficient (Wildman–Crippen LogP) is 0.136. The number of nitrogens with one attached hydrogen (secondary N) is 1. The Morgan fingerprint density at radius 2 is 2.00 bits per heavy atom. The molecule has 19 heavy (non-hydrogen) atoms. The molecule has 6 nitrogen and oxygen atoms in total. The maximum atomic E-state index is 12.1. The number of aryl methyl sites for hydroxylation is 1. The van der Waals surface area contributed by atoms with Gasteiger partial charge in [0.2, 0.25) is 11.0 Å². The van der Waals surface area contributed by atoms with Gasteiger partial charge in [-0.1, -0.05) is 0 Å². The molecule has 2 fully saturated rings. The van der Waals surface area contributed by atoms with Crippen LogP contribution in [-0.4, -0.2) is 59.4 Å². The SMILES string of the molecule is Cc1nsc(N2CCN(C(=O)C3CNC3)CC2)n1.Cl. The van der Waals surface area contributed by atoms with Crippen LogP contribution in [0.1, 0.15) is 5.82 Å². The lowest BCUT2D eigenvalue weighted by molar-refractivity contribution is -0.137. The molecule has 0 bridgehead atoms. The second-order valence-corrected chi connectivity index (χ2v) is 5.52. The van der Waals surface area contributed by atoms with Crippen molar-refractivity contribution in [2.45, 2.75) is 6.92 Å². The van der Waals surface area contributed by atoms with Crippen LogP contribution in [0.3, 0.4) is 0 Å². The zero-order chi connectivity index (χ0) is 12.5. The normalized spacial score (nSPS) is 19.8. The zero-order valence-electron chi connectivity index (χ0n) is 10.8. The summed E-state index contributed by atoms with van der Waals surface area (Å²) < 4.78 is 4.20. The van der Waals surface area contributed by atoms with Crippen LogP contribution in [0.25, 0.3) is 0 Å². The lowest BCUT2D eigenvalue weighted by Gasteiger charge is -2.38. The van der Waals surface area contributed by atoms with E-state index in [4.69, 9.17) is 0 Å². The van der Waals surface area contributed by atoms with Crippen molar-refractivity contribution in [3.63, 3.8) is 0 Å². The van der Waals surface area contributed by atoms with Gasteiger partial charge in [-0.25, -0.2) is 4.98 Å². The summed E-state index contributed by atoms with van der Waals surface area (Å²) in [6.07, 6.45) is 0. The second-order valence-electron chi connectivity index (χ2n) is 4.79. The second kappa shape index (κ2) is 6.02. The molecule has 1 aromatic heterocycles. The van der Waals surface area contributed by atoms with Crippen LogP contribution >= 0.6 is 23.9 Å². The standard InChI is InChI=1S/C11H17N5OS.ClH/c1-8-13-11(18-14-8)16-4-2-15(3-5-16)10(17)9-6-12-7-9;/h9,12H,2-7H2,1H3;1H. The molecule has 1 amide bonds. The maximum absolute atomic E-state index is 12.1. The minimum atomic E-state index is 0. The van der Waals surface area contributed by atoms with E-state index >= 15 is 0 Å². The minimum absolute atomic E-state index is 0. The largest absolute Gasteiger partial charge is 0.343 e. The van der Waals surface area contributed by atoms with Crippen LogP contribution in [-0.2, 0) is 4.79 Å². The van der Waals surface area contributed by atoms with Crippen LogP contribution in [0.4, 0.5) is 5.13 Å². The molecule has 0 aliphatic carbocycles. The summed E-state index contributed by atoms with van der Waals surface area (Å²) in [5.41, 5.74) is 0. The lowest BCUT2D eigenvalue weighted by atomic mass is 10.0. The fourth-order valence-electron chi connectivity index (χ4n) is 2.25. The Bertz CT molecular complexity index is 442. The molecular weight excluding hydrogens is 286 g/mol. The number of rotatable bonds is 2. The highest BCUT2D eigenvalue weighted by molar-refractivity contribution is 7.09. The molecule has 1 N–H and O–H groups in total. The van der Waals surface area contributed by atoms with Gasteiger partial charge < -0.3 is 15.1 Å². The van der Waals surface area contributed by atoms with Crippen molar-refractivity contribution in [1.82, 2.24) is 19.6 Å². The first-order valence-electron chi connectivity index (χ1n) is 6.29. The van der Waals surface area contributed by atoms with E-state index < -0.39 is 0 Å². The van der Waals surface area contributed by atoms with Crippen molar-refractivity contribution in [3.05, 3.63) is 5.82 Å². The summed E-state index contributed by atoms with van der Waals surface area (Å²) in [6, 6.07) is 0. The molecule has 2 aliphatic heterocycles. The zero-order valence-corrected chi connectivity index (χ0v) is 12.5. The van der Waals surface area contributed by atoms with Gasteiger partial charge in [0.1, 0.15) is 5.82 Å². The Hall–Kier alpha value is -0.920. The minimum Gasteiger partial charge on any atom is -0.343 e. The summed E-state index contributed by atoms with van der Waals surface area (Å²) >= 11 is 1.44. The van der Waals surface area contributed by atoms with Gasteiger partial charge in [-0.3, -0.25) is 4.79 Å². The molecule has 0 spiro atoms. The van der Waals surface area contributed by atoms with Gasteiger partial charge in [0, 0.05) is 50.8 Å². The molecule has 106 valence electrons. The number of aromatic nitrogens is 2. The maximum Gasteiger partial charge on any atom is 0.228 e. The molecule has 3 rings (SSSR count). The molecule has 2 saturated heterocycles. The summed E-state index contributed by atoms with van der Waals surface area (Å²) in [4.78, 5) is 20.7. The number of amides is 1. The fraction of sp³-hybridized carbons (Fsp3) is 0.727. The van der Waals surface area contributed by atoms with Crippen LogP contribution in [0.2, 0.25) is 0 Å². The molecule has 8 heteroatoms. The smallest absolute Gasteiger partial charge is 0.228 e. The van der Waals surface area contributed by atoms with E-state index in [0.29, 0.717) is 5.91 Å². The van der Waals surface area contributed by atoms with E-state index in [0.717, 1.165) is 50.2 Å². The van der Waals surface area contributed by atoms with Gasteiger partial charge in [-0.2, -0.15) is 4.37 Å². The van der Waals surface area contributed by atoms with Crippen LogP contribution in [0.5, 0.6) is 0 Å². The molecule has 0 unspecified atom stereocenters. The molecule has 1 aromatic rings. The number of hydrogen-bond donors (Lipinski definition) is 1.